The van der Waals surface area contributed by atoms with Gasteiger partial charge in [-0.1, -0.05) is 6.92 Å². The minimum atomic E-state index is -0.573. The molecule has 0 aliphatic carbocycles. The maximum atomic E-state index is 11.9. The molecule has 1 aliphatic rings. The number of benzene rings is 1. The molecule has 4 heteroatoms. The van der Waals surface area contributed by atoms with Gasteiger partial charge in [0.25, 0.3) is 5.91 Å². The van der Waals surface area contributed by atoms with Crippen LogP contribution in [0.3, 0.4) is 0 Å². The number of hydrogen-bond donors (Lipinski definition) is 2. The Hall–Kier alpha value is -1.84. The molecule has 2 rings (SSSR count). The second-order valence-corrected chi connectivity index (χ2v) is 5.10. The molecule has 0 saturated carbocycles. The van der Waals surface area contributed by atoms with E-state index in [0.29, 0.717) is 12.1 Å². The molecule has 0 unspecified atom stereocenters. The molecule has 1 aromatic carbocycles. The van der Waals surface area contributed by atoms with E-state index in [1.165, 1.54) is 0 Å². The van der Waals surface area contributed by atoms with E-state index >= 15 is 0 Å². The highest BCUT2D eigenvalue weighted by molar-refractivity contribution is 6.07. The summed E-state index contributed by atoms with van der Waals surface area (Å²) in [5, 5.41) is 5.66. The van der Waals surface area contributed by atoms with Gasteiger partial charge >= 0.3 is 0 Å². The number of hydrogen-bond acceptors (Lipinski definition) is 2. The molecular formula is C14H18N2O2. The Labute approximate surface area is 107 Å². The summed E-state index contributed by atoms with van der Waals surface area (Å²) in [6, 6.07) is 5.34. The summed E-state index contributed by atoms with van der Waals surface area (Å²) in [5.74, 6) is -0.113. The summed E-state index contributed by atoms with van der Waals surface area (Å²) in [6.45, 7) is 6.40. The second-order valence-electron chi connectivity index (χ2n) is 5.10. The number of anilines is 1. The lowest BCUT2D eigenvalue weighted by Gasteiger charge is -2.15. The molecule has 4 nitrogen and oxygen atoms in total. The van der Waals surface area contributed by atoms with Crippen LogP contribution in [0.5, 0.6) is 0 Å². The van der Waals surface area contributed by atoms with Crippen molar-refractivity contribution in [2.24, 2.45) is 0 Å². The quantitative estimate of drug-likeness (QED) is 0.857. The van der Waals surface area contributed by atoms with Crippen molar-refractivity contribution in [3.8, 4) is 0 Å². The first-order chi connectivity index (χ1) is 8.46. The number of nitrogens with one attached hydrogen (secondary N) is 2. The van der Waals surface area contributed by atoms with E-state index in [1.54, 1.807) is 18.2 Å². The van der Waals surface area contributed by atoms with Gasteiger partial charge in [-0.2, -0.15) is 0 Å². The van der Waals surface area contributed by atoms with Crippen LogP contribution >= 0.6 is 0 Å². The first-order valence-electron chi connectivity index (χ1n) is 6.21. The van der Waals surface area contributed by atoms with E-state index < -0.39 is 5.41 Å². The monoisotopic (exact) mass is 246 g/mol. The lowest BCUT2D eigenvalue weighted by atomic mass is 9.85. The number of fused-ring (bicyclic) bond motifs is 1. The largest absolute Gasteiger partial charge is 0.352 e. The van der Waals surface area contributed by atoms with Gasteiger partial charge in [0.2, 0.25) is 5.91 Å². The van der Waals surface area contributed by atoms with Crippen molar-refractivity contribution in [3.63, 3.8) is 0 Å². The van der Waals surface area contributed by atoms with Gasteiger partial charge in [-0.3, -0.25) is 9.59 Å². The van der Waals surface area contributed by atoms with Crippen LogP contribution in [0.1, 0.15) is 43.1 Å². The molecule has 0 spiro atoms. The van der Waals surface area contributed by atoms with Gasteiger partial charge in [0.05, 0.1) is 5.41 Å². The Morgan fingerprint density at radius 1 is 1.39 bits per heavy atom. The smallest absolute Gasteiger partial charge is 0.251 e. The minimum Gasteiger partial charge on any atom is -0.352 e. The van der Waals surface area contributed by atoms with E-state index in [4.69, 9.17) is 0 Å². The third-order valence-corrected chi connectivity index (χ3v) is 3.31. The fourth-order valence-electron chi connectivity index (χ4n) is 2.05. The molecular weight excluding hydrogens is 228 g/mol. The summed E-state index contributed by atoms with van der Waals surface area (Å²) < 4.78 is 0. The molecule has 18 heavy (non-hydrogen) atoms. The summed E-state index contributed by atoms with van der Waals surface area (Å²) >= 11 is 0. The number of rotatable bonds is 3. The van der Waals surface area contributed by atoms with Gasteiger partial charge in [-0.25, -0.2) is 0 Å². The summed E-state index contributed by atoms with van der Waals surface area (Å²) in [4.78, 5) is 23.7. The molecule has 0 fully saturated rings. The normalized spacial score (nSPS) is 16.1. The molecule has 0 saturated heterocycles. The molecule has 0 atom stereocenters. The van der Waals surface area contributed by atoms with Crippen molar-refractivity contribution in [1.29, 1.82) is 0 Å². The highest BCUT2D eigenvalue weighted by atomic mass is 16.2. The Balaban J connectivity index is 2.31. The zero-order valence-corrected chi connectivity index (χ0v) is 11.0. The second kappa shape index (κ2) is 4.44. The number of carbonyl (C=O) groups excluding carboxylic acids is 2. The molecule has 0 aromatic heterocycles. The Bertz CT molecular complexity index is 507. The average Bonchev–Trinajstić information content (AvgIpc) is 2.57. The van der Waals surface area contributed by atoms with Crippen molar-refractivity contribution in [2.45, 2.75) is 32.6 Å². The molecule has 2 N–H and O–H groups in total. The maximum Gasteiger partial charge on any atom is 0.251 e. The molecule has 0 radical (unpaired) electrons. The average molecular weight is 246 g/mol. The summed E-state index contributed by atoms with van der Waals surface area (Å²) in [7, 11) is 0. The van der Waals surface area contributed by atoms with Crippen LogP contribution in [-0.2, 0) is 10.2 Å². The van der Waals surface area contributed by atoms with Crippen molar-refractivity contribution in [3.05, 3.63) is 29.3 Å². The van der Waals surface area contributed by atoms with E-state index in [-0.39, 0.29) is 11.8 Å². The third kappa shape index (κ3) is 1.98. The topological polar surface area (TPSA) is 58.2 Å². The van der Waals surface area contributed by atoms with Gasteiger partial charge in [0.15, 0.2) is 0 Å². The Morgan fingerprint density at radius 2 is 2.11 bits per heavy atom. The van der Waals surface area contributed by atoms with E-state index in [9.17, 15) is 9.59 Å². The molecule has 1 heterocycles. The van der Waals surface area contributed by atoms with Gasteiger partial charge in [-0.15, -0.1) is 0 Å². The first kappa shape index (κ1) is 12.6. The Kier molecular flexibility index (Phi) is 3.11. The highest BCUT2D eigenvalue weighted by Crippen LogP contribution is 2.37. The molecule has 2 amide bonds. The van der Waals surface area contributed by atoms with Crippen molar-refractivity contribution in [2.75, 3.05) is 11.9 Å². The van der Waals surface area contributed by atoms with Crippen LogP contribution in [0.25, 0.3) is 0 Å². The van der Waals surface area contributed by atoms with Crippen molar-refractivity contribution in [1.82, 2.24) is 5.32 Å². The predicted octanol–water partition coefficient (Wildman–Crippen LogP) is 2.06. The van der Waals surface area contributed by atoms with Crippen LogP contribution in [-0.4, -0.2) is 18.4 Å². The zero-order valence-electron chi connectivity index (χ0n) is 11.0. The maximum absolute atomic E-state index is 11.9. The minimum absolute atomic E-state index is 0.0244. The summed E-state index contributed by atoms with van der Waals surface area (Å²) in [5.41, 5.74) is 1.72. The molecule has 0 bridgehead atoms. The number of carbonyl (C=O) groups is 2. The van der Waals surface area contributed by atoms with E-state index in [1.807, 2.05) is 20.8 Å². The van der Waals surface area contributed by atoms with Gasteiger partial charge in [0, 0.05) is 17.8 Å². The van der Waals surface area contributed by atoms with Gasteiger partial charge in [0.1, 0.15) is 0 Å². The van der Waals surface area contributed by atoms with Crippen LogP contribution in [0, 0.1) is 0 Å². The molecule has 1 aromatic rings. The van der Waals surface area contributed by atoms with E-state index in [2.05, 4.69) is 10.6 Å². The van der Waals surface area contributed by atoms with Crippen LogP contribution in [0.4, 0.5) is 5.69 Å². The van der Waals surface area contributed by atoms with Gasteiger partial charge in [-0.05, 0) is 44.0 Å². The zero-order chi connectivity index (χ0) is 13.3. The van der Waals surface area contributed by atoms with Crippen LogP contribution in [0.15, 0.2) is 18.2 Å². The Morgan fingerprint density at radius 3 is 2.78 bits per heavy atom. The molecule has 1 aliphatic heterocycles. The standard InChI is InChI=1S/C14H18N2O2/c1-4-7-15-12(17)9-5-6-11-10(8-9)14(2,3)13(18)16-11/h5-6,8H,4,7H2,1-3H3,(H,15,17)(H,16,18). The van der Waals surface area contributed by atoms with Crippen molar-refractivity contribution >= 4 is 17.5 Å². The lowest BCUT2D eigenvalue weighted by molar-refractivity contribution is -0.119. The molecule has 96 valence electrons. The van der Waals surface area contributed by atoms with Gasteiger partial charge < -0.3 is 10.6 Å². The lowest BCUT2D eigenvalue weighted by Crippen LogP contribution is -2.27. The van der Waals surface area contributed by atoms with Crippen molar-refractivity contribution < 1.29 is 9.59 Å². The predicted molar refractivity (Wildman–Crippen MR) is 70.7 cm³/mol. The third-order valence-electron chi connectivity index (χ3n) is 3.31. The summed E-state index contributed by atoms with van der Waals surface area (Å²) in [6.07, 6.45) is 0.905. The first-order valence-corrected chi connectivity index (χ1v) is 6.21. The van der Waals surface area contributed by atoms with E-state index in [0.717, 1.165) is 17.7 Å². The van der Waals surface area contributed by atoms with Crippen LogP contribution in [0.2, 0.25) is 0 Å². The SMILES string of the molecule is CCCNC(=O)c1ccc2c(c1)C(C)(C)C(=O)N2. The number of amides is 2. The fraction of sp³-hybridized carbons (Fsp3) is 0.429. The highest BCUT2D eigenvalue weighted by Gasteiger charge is 2.38. The fourth-order valence-corrected chi connectivity index (χ4v) is 2.05. The van der Waals surface area contributed by atoms with Crippen LogP contribution < -0.4 is 10.6 Å².